The lowest BCUT2D eigenvalue weighted by atomic mass is 10.2. The molecule has 6 nitrogen and oxygen atoms in total. The average molecular weight is 378 g/mol. The van der Waals surface area contributed by atoms with Crippen LogP contribution in [0.15, 0.2) is 18.2 Å². The molecule has 1 rings (SSSR count). The van der Waals surface area contributed by atoms with Crippen LogP contribution in [-0.4, -0.2) is 46.4 Å². The SMILES string of the molecule is CCOC(=O)COc1ccc(C#C[Si](C)(C)C)c(OCC(=O)OCC)c1. The Morgan fingerprint density at radius 3 is 2.08 bits per heavy atom. The van der Waals surface area contributed by atoms with E-state index in [0.717, 1.165) is 0 Å². The van der Waals surface area contributed by atoms with Crippen LogP contribution in [0, 0.1) is 11.5 Å². The summed E-state index contributed by atoms with van der Waals surface area (Å²) in [4.78, 5) is 23.0. The molecule has 0 unspecified atom stereocenters. The molecule has 0 aliphatic heterocycles. The fraction of sp³-hybridized carbons (Fsp3) is 0.474. The first-order valence-electron chi connectivity index (χ1n) is 8.49. The predicted molar refractivity (Wildman–Crippen MR) is 101 cm³/mol. The maximum absolute atomic E-state index is 11.5. The van der Waals surface area contributed by atoms with E-state index in [2.05, 4.69) is 31.1 Å². The van der Waals surface area contributed by atoms with Crippen molar-refractivity contribution >= 4 is 20.0 Å². The Morgan fingerprint density at radius 1 is 0.962 bits per heavy atom. The van der Waals surface area contributed by atoms with Crippen molar-refractivity contribution in [1.82, 2.24) is 0 Å². The summed E-state index contributed by atoms with van der Waals surface area (Å²) in [6.45, 7) is 10.0. The lowest BCUT2D eigenvalue weighted by molar-refractivity contribution is -0.146. The summed E-state index contributed by atoms with van der Waals surface area (Å²) >= 11 is 0. The Morgan fingerprint density at radius 2 is 1.54 bits per heavy atom. The molecule has 0 heterocycles. The first kappa shape index (κ1) is 21.6. The number of esters is 2. The molecule has 0 aliphatic carbocycles. The van der Waals surface area contributed by atoms with Gasteiger partial charge in [-0.25, -0.2) is 9.59 Å². The van der Waals surface area contributed by atoms with Gasteiger partial charge in [-0.2, -0.15) is 0 Å². The minimum absolute atomic E-state index is 0.203. The third kappa shape index (κ3) is 8.58. The molecule has 0 N–H and O–H groups in total. The van der Waals surface area contributed by atoms with E-state index in [1.807, 2.05) is 0 Å². The van der Waals surface area contributed by atoms with Gasteiger partial charge < -0.3 is 18.9 Å². The lowest BCUT2D eigenvalue weighted by Gasteiger charge is -2.11. The van der Waals surface area contributed by atoms with Crippen molar-refractivity contribution in [3.63, 3.8) is 0 Å². The van der Waals surface area contributed by atoms with Crippen LogP contribution in [0.3, 0.4) is 0 Å². The molecule has 1 aromatic rings. The van der Waals surface area contributed by atoms with Crippen molar-refractivity contribution in [2.75, 3.05) is 26.4 Å². The smallest absolute Gasteiger partial charge is 0.344 e. The largest absolute Gasteiger partial charge is 0.482 e. The zero-order chi connectivity index (χ0) is 19.6. The van der Waals surface area contributed by atoms with Gasteiger partial charge in [0.1, 0.15) is 19.6 Å². The molecule has 0 amide bonds. The highest BCUT2D eigenvalue weighted by molar-refractivity contribution is 6.83. The maximum atomic E-state index is 11.5. The third-order valence-electron chi connectivity index (χ3n) is 2.84. The van der Waals surface area contributed by atoms with Gasteiger partial charge in [0.25, 0.3) is 0 Å². The quantitative estimate of drug-likeness (QED) is 0.394. The van der Waals surface area contributed by atoms with E-state index >= 15 is 0 Å². The Bertz CT molecular complexity index is 681. The number of carbonyl (C=O) groups is 2. The standard InChI is InChI=1S/C19H26O6Si/c1-6-22-18(20)13-24-16-9-8-15(10-11-26(3,4)5)17(12-16)25-14-19(21)23-7-2/h8-9,12H,6-7,13-14H2,1-5H3. The van der Waals surface area contributed by atoms with E-state index in [9.17, 15) is 9.59 Å². The molecule has 0 saturated carbocycles. The van der Waals surface area contributed by atoms with Gasteiger partial charge in [0.15, 0.2) is 13.2 Å². The van der Waals surface area contributed by atoms with Crippen molar-refractivity contribution in [2.45, 2.75) is 33.5 Å². The molecule has 0 radical (unpaired) electrons. The molecule has 26 heavy (non-hydrogen) atoms. The van der Waals surface area contributed by atoms with Crippen LogP contribution in [-0.2, 0) is 19.1 Å². The van der Waals surface area contributed by atoms with Crippen LogP contribution in [0.25, 0.3) is 0 Å². The third-order valence-corrected chi connectivity index (χ3v) is 3.71. The Kier molecular flexibility index (Phi) is 8.72. The summed E-state index contributed by atoms with van der Waals surface area (Å²) in [7, 11) is -1.57. The molecule has 0 spiro atoms. The molecular weight excluding hydrogens is 352 g/mol. The topological polar surface area (TPSA) is 71.1 Å². The predicted octanol–water partition coefficient (Wildman–Crippen LogP) is 2.80. The summed E-state index contributed by atoms with van der Waals surface area (Å²) in [5.74, 6) is 3.02. The van der Waals surface area contributed by atoms with Crippen LogP contribution in [0.4, 0.5) is 0 Å². The summed E-state index contributed by atoms with van der Waals surface area (Å²) in [6, 6.07) is 5.05. The highest BCUT2D eigenvalue weighted by Gasteiger charge is 2.12. The second kappa shape index (κ2) is 10.5. The molecule has 7 heteroatoms. The highest BCUT2D eigenvalue weighted by Crippen LogP contribution is 2.25. The molecule has 0 fully saturated rings. The van der Waals surface area contributed by atoms with Gasteiger partial charge in [-0.05, 0) is 26.0 Å². The van der Waals surface area contributed by atoms with Crippen molar-refractivity contribution in [3.05, 3.63) is 23.8 Å². The van der Waals surface area contributed by atoms with E-state index in [1.165, 1.54) is 0 Å². The van der Waals surface area contributed by atoms with Crippen molar-refractivity contribution in [2.24, 2.45) is 0 Å². The van der Waals surface area contributed by atoms with Crippen LogP contribution >= 0.6 is 0 Å². The zero-order valence-electron chi connectivity index (χ0n) is 16.0. The Hall–Kier alpha value is -2.46. The molecular formula is C19H26O6Si. The zero-order valence-corrected chi connectivity index (χ0v) is 17.0. The molecule has 1 aromatic carbocycles. The Balaban J connectivity index is 2.96. The second-order valence-corrected chi connectivity index (χ2v) is 11.1. The summed E-state index contributed by atoms with van der Waals surface area (Å²) in [6.07, 6.45) is 0. The fourth-order valence-electron chi connectivity index (χ4n) is 1.75. The number of ether oxygens (including phenoxy) is 4. The number of benzene rings is 1. The van der Waals surface area contributed by atoms with Crippen molar-refractivity contribution in [3.8, 4) is 23.0 Å². The minimum atomic E-state index is -1.57. The maximum Gasteiger partial charge on any atom is 0.344 e. The van der Waals surface area contributed by atoms with E-state index in [0.29, 0.717) is 23.7 Å². The molecule has 0 aliphatic rings. The monoisotopic (exact) mass is 378 g/mol. The van der Waals surface area contributed by atoms with Crippen LogP contribution in [0.5, 0.6) is 11.5 Å². The second-order valence-electron chi connectivity index (χ2n) is 6.35. The van der Waals surface area contributed by atoms with Crippen LogP contribution in [0.2, 0.25) is 19.6 Å². The first-order valence-corrected chi connectivity index (χ1v) is 12.0. The number of hydrogen-bond donors (Lipinski definition) is 0. The van der Waals surface area contributed by atoms with Gasteiger partial charge in [-0.3, -0.25) is 0 Å². The van der Waals surface area contributed by atoms with E-state index < -0.39 is 20.0 Å². The van der Waals surface area contributed by atoms with E-state index in [-0.39, 0.29) is 19.8 Å². The van der Waals surface area contributed by atoms with E-state index in [4.69, 9.17) is 18.9 Å². The molecule has 142 valence electrons. The number of hydrogen-bond acceptors (Lipinski definition) is 6. The van der Waals surface area contributed by atoms with Gasteiger partial charge in [0.05, 0.1) is 18.8 Å². The molecule has 0 bridgehead atoms. The van der Waals surface area contributed by atoms with Gasteiger partial charge in [0, 0.05) is 6.07 Å². The number of carbonyl (C=O) groups excluding carboxylic acids is 2. The summed E-state index contributed by atoms with van der Waals surface area (Å²) in [5.41, 5.74) is 3.91. The fourth-order valence-corrected chi connectivity index (χ4v) is 2.26. The van der Waals surface area contributed by atoms with Gasteiger partial charge in [-0.15, -0.1) is 5.54 Å². The van der Waals surface area contributed by atoms with Crippen LogP contribution < -0.4 is 9.47 Å². The molecule has 0 atom stereocenters. The summed E-state index contributed by atoms with van der Waals surface area (Å²) < 4.78 is 20.7. The summed E-state index contributed by atoms with van der Waals surface area (Å²) in [5, 5.41) is 0. The van der Waals surface area contributed by atoms with Crippen molar-refractivity contribution < 1.29 is 28.5 Å². The Labute approximate surface area is 155 Å². The normalized spacial score (nSPS) is 10.3. The van der Waals surface area contributed by atoms with Gasteiger partial charge in [0.2, 0.25) is 0 Å². The van der Waals surface area contributed by atoms with E-state index in [1.54, 1.807) is 32.0 Å². The molecule has 0 saturated heterocycles. The van der Waals surface area contributed by atoms with Gasteiger partial charge in [-0.1, -0.05) is 25.6 Å². The van der Waals surface area contributed by atoms with Gasteiger partial charge >= 0.3 is 11.9 Å². The first-order chi connectivity index (χ1) is 12.2. The number of rotatable bonds is 8. The van der Waals surface area contributed by atoms with Crippen LogP contribution in [0.1, 0.15) is 19.4 Å². The lowest BCUT2D eigenvalue weighted by Crippen LogP contribution is -2.17. The highest BCUT2D eigenvalue weighted by atomic mass is 28.3. The van der Waals surface area contributed by atoms with Crippen molar-refractivity contribution in [1.29, 1.82) is 0 Å². The average Bonchev–Trinajstić information content (AvgIpc) is 2.57. The molecule has 0 aromatic heterocycles. The minimum Gasteiger partial charge on any atom is -0.482 e.